The molecule has 0 atom stereocenters. The molecule has 7 heteroatoms. The quantitative estimate of drug-likeness (QED) is 0.860. The number of thiocarbonyl (C=S) groups is 1. The maximum atomic E-state index is 5.42. The standard InChI is InChI=1S/C9H8BrN5S/c10-7-1-6(2-12-3-7)4-15-5-13-9(14-15)8(11)16/h1-3,5H,4H2,(H2,11,16). The first-order valence-corrected chi connectivity index (χ1v) is 5.64. The van der Waals surface area contributed by atoms with Gasteiger partial charge in [0, 0.05) is 16.9 Å². The lowest BCUT2D eigenvalue weighted by Gasteiger charge is -2.00. The molecule has 2 aromatic rings. The Hall–Kier alpha value is -1.34. The van der Waals surface area contributed by atoms with Crippen molar-refractivity contribution in [2.45, 2.75) is 6.54 Å². The smallest absolute Gasteiger partial charge is 0.208 e. The van der Waals surface area contributed by atoms with Gasteiger partial charge < -0.3 is 5.73 Å². The minimum atomic E-state index is 0.200. The van der Waals surface area contributed by atoms with Gasteiger partial charge in [-0.1, -0.05) is 12.2 Å². The van der Waals surface area contributed by atoms with Crippen molar-refractivity contribution >= 4 is 33.1 Å². The second kappa shape index (κ2) is 4.67. The van der Waals surface area contributed by atoms with Crippen molar-refractivity contribution in [1.82, 2.24) is 19.7 Å². The number of aromatic nitrogens is 4. The molecule has 82 valence electrons. The molecule has 0 saturated carbocycles. The number of halogens is 1. The minimum absolute atomic E-state index is 0.200. The van der Waals surface area contributed by atoms with Crippen LogP contribution in [0.4, 0.5) is 0 Å². The van der Waals surface area contributed by atoms with Gasteiger partial charge in [-0.25, -0.2) is 9.67 Å². The van der Waals surface area contributed by atoms with Gasteiger partial charge in [0.05, 0.1) is 6.54 Å². The van der Waals surface area contributed by atoms with Gasteiger partial charge in [-0.05, 0) is 27.6 Å². The summed E-state index contributed by atoms with van der Waals surface area (Å²) in [6.45, 7) is 0.585. The molecule has 0 unspecified atom stereocenters. The molecule has 0 saturated heterocycles. The van der Waals surface area contributed by atoms with E-state index in [-0.39, 0.29) is 4.99 Å². The molecule has 0 fully saturated rings. The van der Waals surface area contributed by atoms with Crippen molar-refractivity contribution in [1.29, 1.82) is 0 Å². The Labute approximate surface area is 106 Å². The Morgan fingerprint density at radius 3 is 2.94 bits per heavy atom. The highest BCUT2D eigenvalue weighted by molar-refractivity contribution is 9.10. The summed E-state index contributed by atoms with van der Waals surface area (Å²) < 4.78 is 2.59. The third kappa shape index (κ3) is 2.61. The fourth-order valence-electron chi connectivity index (χ4n) is 1.21. The molecule has 2 N–H and O–H groups in total. The Kier molecular flexibility index (Phi) is 3.25. The monoisotopic (exact) mass is 297 g/mol. The van der Waals surface area contributed by atoms with Crippen molar-refractivity contribution in [3.8, 4) is 0 Å². The molecule has 0 aliphatic rings. The summed E-state index contributed by atoms with van der Waals surface area (Å²) in [6.07, 6.45) is 5.09. The number of pyridine rings is 1. The second-order valence-electron chi connectivity index (χ2n) is 3.14. The fourth-order valence-corrected chi connectivity index (χ4v) is 1.72. The zero-order chi connectivity index (χ0) is 11.5. The Morgan fingerprint density at radius 2 is 2.31 bits per heavy atom. The van der Waals surface area contributed by atoms with Gasteiger partial charge in [0.25, 0.3) is 0 Å². The maximum Gasteiger partial charge on any atom is 0.208 e. The molecule has 2 heterocycles. The molecule has 0 amide bonds. The van der Waals surface area contributed by atoms with Gasteiger partial charge in [0.2, 0.25) is 5.82 Å². The van der Waals surface area contributed by atoms with Gasteiger partial charge in [-0.15, -0.1) is 5.10 Å². The summed E-state index contributed by atoms with van der Waals surface area (Å²) in [5.41, 5.74) is 6.44. The third-order valence-electron chi connectivity index (χ3n) is 1.86. The van der Waals surface area contributed by atoms with Crippen LogP contribution in [-0.2, 0) is 6.54 Å². The van der Waals surface area contributed by atoms with Gasteiger partial charge in [0.1, 0.15) is 11.3 Å². The lowest BCUT2D eigenvalue weighted by molar-refractivity contribution is 0.681. The second-order valence-corrected chi connectivity index (χ2v) is 4.50. The molecule has 0 spiro atoms. The van der Waals surface area contributed by atoms with Crippen LogP contribution in [0, 0.1) is 0 Å². The Bertz CT molecular complexity index is 524. The maximum absolute atomic E-state index is 5.42. The van der Waals surface area contributed by atoms with Crippen LogP contribution in [0.15, 0.2) is 29.3 Å². The normalized spacial score (nSPS) is 10.3. The van der Waals surface area contributed by atoms with Gasteiger partial charge >= 0.3 is 0 Å². The van der Waals surface area contributed by atoms with E-state index in [9.17, 15) is 0 Å². The summed E-state index contributed by atoms with van der Waals surface area (Å²) in [6, 6.07) is 1.97. The summed E-state index contributed by atoms with van der Waals surface area (Å²) in [5.74, 6) is 0.387. The number of hydrogen-bond donors (Lipinski definition) is 1. The third-order valence-corrected chi connectivity index (χ3v) is 2.48. The Balaban J connectivity index is 2.17. The van der Waals surface area contributed by atoms with Crippen molar-refractivity contribution in [2.24, 2.45) is 5.73 Å². The predicted octanol–water partition coefficient (Wildman–Crippen LogP) is 1.12. The summed E-state index contributed by atoms with van der Waals surface area (Å²) in [7, 11) is 0. The van der Waals surface area contributed by atoms with Crippen molar-refractivity contribution < 1.29 is 0 Å². The fraction of sp³-hybridized carbons (Fsp3) is 0.111. The van der Waals surface area contributed by atoms with Crippen molar-refractivity contribution in [3.63, 3.8) is 0 Å². The Morgan fingerprint density at radius 1 is 1.50 bits per heavy atom. The predicted molar refractivity (Wildman–Crippen MR) is 66.9 cm³/mol. The van der Waals surface area contributed by atoms with Crippen molar-refractivity contribution in [2.75, 3.05) is 0 Å². The largest absolute Gasteiger partial charge is 0.387 e. The van der Waals surface area contributed by atoms with Crippen LogP contribution in [0.5, 0.6) is 0 Å². The van der Waals surface area contributed by atoms with E-state index in [1.165, 1.54) is 0 Å². The van der Waals surface area contributed by atoms with Crippen LogP contribution in [-0.4, -0.2) is 24.7 Å². The van der Waals surface area contributed by atoms with Crippen LogP contribution >= 0.6 is 28.1 Å². The van der Waals surface area contributed by atoms with E-state index >= 15 is 0 Å². The number of rotatable bonds is 3. The SMILES string of the molecule is NC(=S)c1ncn(Cc2cncc(Br)c2)n1. The first-order chi connectivity index (χ1) is 7.65. The molecule has 0 aromatic carbocycles. The molecular formula is C9H8BrN5S. The van der Waals surface area contributed by atoms with Crippen LogP contribution in [0.3, 0.4) is 0 Å². The first kappa shape index (κ1) is 11.2. The summed E-state index contributed by atoms with van der Waals surface area (Å²) in [5, 5.41) is 4.13. The molecule has 0 aliphatic carbocycles. The number of nitrogens with two attached hydrogens (primary N) is 1. The average Bonchev–Trinajstić information content (AvgIpc) is 2.66. The zero-order valence-corrected chi connectivity index (χ0v) is 10.6. The number of nitrogens with zero attached hydrogens (tertiary/aromatic N) is 4. The van der Waals surface area contributed by atoms with E-state index in [1.807, 2.05) is 6.07 Å². The minimum Gasteiger partial charge on any atom is -0.387 e. The van der Waals surface area contributed by atoms with E-state index in [1.54, 1.807) is 23.4 Å². The van der Waals surface area contributed by atoms with Crippen LogP contribution < -0.4 is 5.73 Å². The van der Waals surface area contributed by atoms with Gasteiger partial charge in [0.15, 0.2) is 0 Å². The molecule has 0 aliphatic heterocycles. The van der Waals surface area contributed by atoms with E-state index in [0.29, 0.717) is 12.4 Å². The molecular weight excluding hydrogens is 290 g/mol. The van der Waals surface area contributed by atoms with Crippen LogP contribution in [0.1, 0.15) is 11.4 Å². The highest BCUT2D eigenvalue weighted by Crippen LogP contribution is 2.10. The van der Waals surface area contributed by atoms with E-state index < -0.39 is 0 Å². The summed E-state index contributed by atoms with van der Waals surface area (Å²) in [4.78, 5) is 8.25. The highest BCUT2D eigenvalue weighted by Gasteiger charge is 2.04. The molecule has 5 nitrogen and oxygen atoms in total. The van der Waals surface area contributed by atoms with Gasteiger partial charge in [-0.2, -0.15) is 0 Å². The molecule has 2 aromatic heterocycles. The molecule has 0 bridgehead atoms. The summed E-state index contributed by atoms with van der Waals surface area (Å²) >= 11 is 8.14. The lowest BCUT2D eigenvalue weighted by atomic mass is 10.3. The van der Waals surface area contributed by atoms with E-state index in [4.69, 9.17) is 18.0 Å². The van der Waals surface area contributed by atoms with Crippen molar-refractivity contribution in [3.05, 3.63) is 40.6 Å². The average molecular weight is 298 g/mol. The van der Waals surface area contributed by atoms with Gasteiger partial charge in [-0.3, -0.25) is 4.98 Å². The van der Waals surface area contributed by atoms with Crippen LogP contribution in [0.2, 0.25) is 0 Å². The first-order valence-electron chi connectivity index (χ1n) is 4.44. The molecule has 2 rings (SSSR count). The molecule has 16 heavy (non-hydrogen) atoms. The zero-order valence-electron chi connectivity index (χ0n) is 8.17. The van der Waals surface area contributed by atoms with E-state index in [2.05, 4.69) is 31.0 Å². The topological polar surface area (TPSA) is 69.6 Å². The van der Waals surface area contributed by atoms with E-state index in [0.717, 1.165) is 10.0 Å². The number of hydrogen-bond acceptors (Lipinski definition) is 4. The highest BCUT2D eigenvalue weighted by atomic mass is 79.9. The van der Waals surface area contributed by atoms with Crippen LogP contribution in [0.25, 0.3) is 0 Å². The molecule has 0 radical (unpaired) electrons. The lowest BCUT2D eigenvalue weighted by Crippen LogP contribution is -2.12.